The fourth-order valence-corrected chi connectivity index (χ4v) is 4.84. The molecule has 5 aromatic carbocycles. The van der Waals surface area contributed by atoms with Gasteiger partial charge in [0.15, 0.2) is 0 Å². The number of rotatable bonds is 9. The average Bonchev–Trinajstić information content (AvgIpc) is 2.94. The van der Waals surface area contributed by atoms with Gasteiger partial charge in [0.1, 0.15) is 29.6 Å². The fourth-order valence-electron chi connectivity index (χ4n) is 4.84. The third-order valence-electron chi connectivity index (χ3n) is 6.90. The minimum Gasteiger partial charge on any atom is -0.489 e. The maximum Gasteiger partial charge on any atom is 0.527 e. The highest BCUT2D eigenvalue weighted by Gasteiger charge is 2.49. The number of ether oxygens (including phenoxy) is 2. The van der Waals surface area contributed by atoms with Crippen LogP contribution < -0.4 is 4.74 Å². The van der Waals surface area contributed by atoms with Crippen LogP contribution >= 0.6 is 0 Å². The number of aryl methyl sites for hydroxylation is 1. The first-order chi connectivity index (χ1) is 20.4. The third-order valence-corrected chi connectivity index (χ3v) is 6.90. The van der Waals surface area contributed by atoms with Crippen LogP contribution in [0.1, 0.15) is 30.0 Å². The predicted molar refractivity (Wildman–Crippen MR) is 151 cm³/mol. The molecule has 0 saturated carbocycles. The standard InChI is InChI=1S/C34H25F7O2/c1-2-3-21-4-9-28-17-27(15-14-26(28)16-21)25-12-10-24(11-13-25)23-7-5-22(6-8-23)20-42-29-18-30(35)32(31(36)19-29)33(37,38)43-34(39,40)41/h4-19H,2-3,20H2,1H3. The van der Waals surface area contributed by atoms with Gasteiger partial charge in [-0.25, -0.2) is 13.5 Å². The fraction of sp³-hybridized carbons (Fsp3) is 0.176. The molecular weight excluding hydrogens is 573 g/mol. The lowest BCUT2D eigenvalue weighted by Gasteiger charge is -2.20. The van der Waals surface area contributed by atoms with Crippen molar-refractivity contribution in [2.24, 2.45) is 0 Å². The quantitative estimate of drug-likeness (QED) is 0.157. The molecule has 0 spiro atoms. The highest BCUT2D eigenvalue weighted by Crippen LogP contribution is 2.40. The molecule has 0 bridgehead atoms. The molecule has 0 saturated heterocycles. The molecule has 0 N–H and O–H groups in total. The van der Waals surface area contributed by atoms with Crippen LogP contribution in [0, 0.1) is 11.6 Å². The molecule has 0 heterocycles. The van der Waals surface area contributed by atoms with Crippen LogP contribution in [0.25, 0.3) is 33.0 Å². The van der Waals surface area contributed by atoms with E-state index in [9.17, 15) is 30.7 Å². The van der Waals surface area contributed by atoms with Crippen molar-refractivity contribution in [3.8, 4) is 28.0 Å². The van der Waals surface area contributed by atoms with Gasteiger partial charge in [-0.05, 0) is 56.6 Å². The lowest BCUT2D eigenvalue weighted by Crippen LogP contribution is -2.29. The van der Waals surface area contributed by atoms with Gasteiger partial charge in [0.05, 0.1) is 0 Å². The van der Waals surface area contributed by atoms with E-state index in [0.717, 1.165) is 35.1 Å². The zero-order valence-electron chi connectivity index (χ0n) is 22.8. The van der Waals surface area contributed by atoms with E-state index in [1.807, 2.05) is 36.4 Å². The summed E-state index contributed by atoms with van der Waals surface area (Å²) in [4.78, 5) is 0. The zero-order valence-corrected chi connectivity index (χ0v) is 22.8. The lowest BCUT2D eigenvalue weighted by atomic mass is 9.97. The molecule has 5 aromatic rings. The van der Waals surface area contributed by atoms with Gasteiger partial charge >= 0.3 is 12.5 Å². The molecule has 43 heavy (non-hydrogen) atoms. The van der Waals surface area contributed by atoms with Crippen LogP contribution in [0.5, 0.6) is 5.75 Å². The Morgan fingerprint density at radius 1 is 0.581 bits per heavy atom. The summed E-state index contributed by atoms with van der Waals surface area (Å²) >= 11 is 0. The average molecular weight is 599 g/mol. The zero-order chi connectivity index (χ0) is 30.8. The molecule has 0 aliphatic carbocycles. The van der Waals surface area contributed by atoms with Crippen LogP contribution in [-0.4, -0.2) is 6.36 Å². The van der Waals surface area contributed by atoms with Gasteiger partial charge < -0.3 is 4.74 Å². The molecule has 0 radical (unpaired) electrons. The van der Waals surface area contributed by atoms with E-state index in [2.05, 4.69) is 48.1 Å². The Labute approximate surface area is 243 Å². The van der Waals surface area contributed by atoms with Crippen LogP contribution in [0.3, 0.4) is 0 Å². The minimum atomic E-state index is -5.80. The number of fused-ring (bicyclic) bond motifs is 1. The molecule has 0 fully saturated rings. The molecule has 9 heteroatoms. The number of hydrogen-bond acceptors (Lipinski definition) is 2. The van der Waals surface area contributed by atoms with Crippen molar-refractivity contribution >= 4 is 10.8 Å². The van der Waals surface area contributed by atoms with E-state index in [1.165, 1.54) is 16.3 Å². The molecule has 0 unspecified atom stereocenters. The van der Waals surface area contributed by atoms with Crippen LogP contribution in [0.2, 0.25) is 0 Å². The van der Waals surface area contributed by atoms with Gasteiger partial charge in [-0.15, -0.1) is 13.2 Å². The van der Waals surface area contributed by atoms with Crippen LogP contribution in [-0.2, 0) is 23.9 Å². The maximum absolute atomic E-state index is 14.1. The molecule has 0 aliphatic rings. The Balaban J connectivity index is 1.24. The van der Waals surface area contributed by atoms with Crippen molar-refractivity contribution in [2.45, 2.75) is 38.8 Å². The summed E-state index contributed by atoms with van der Waals surface area (Å²) in [5, 5.41) is 2.38. The Morgan fingerprint density at radius 2 is 1.07 bits per heavy atom. The van der Waals surface area contributed by atoms with Gasteiger partial charge in [0.2, 0.25) is 0 Å². The Hall–Kier alpha value is -4.37. The van der Waals surface area contributed by atoms with Gasteiger partial charge in [-0.2, -0.15) is 8.78 Å². The highest BCUT2D eigenvalue weighted by atomic mass is 19.4. The van der Waals surface area contributed by atoms with Crippen LogP contribution in [0.15, 0.2) is 97.1 Å². The van der Waals surface area contributed by atoms with Crippen molar-refractivity contribution in [1.82, 2.24) is 0 Å². The summed E-state index contributed by atoms with van der Waals surface area (Å²) in [6.45, 7) is 1.99. The second-order valence-electron chi connectivity index (χ2n) is 10.0. The molecule has 5 rings (SSSR count). The smallest absolute Gasteiger partial charge is 0.489 e. The van der Waals surface area contributed by atoms with Crippen molar-refractivity contribution in [3.05, 3.63) is 125 Å². The Morgan fingerprint density at radius 3 is 1.65 bits per heavy atom. The second-order valence-corrected chi connectivity index (χ2v) is 10.0. The third kappa shape index (κ3) is 7.17. The number of hydrogen-bond donors (Lipinski definition) is 0. The highest BCUT2D eigenvalue weighted by molar-refractivity contribution is 5.88. The lowest BCUT2D eigenvalue weighted by molar-refractivity contribution is -0.432. The molecule has 2 nitrogen and oxygen atoms in total. The molecular formula is C34H25F7O2. The molecule has 0 amide bonds. The largest absolute Gasteiger partial charge is 0.527 e. The number of benzene rings is 5. The Bertz CT molecular complexity index is 1700. The molecule has 222 valence electrons. The van der Waals surface area contributed by atoms with Gasteiger partial charge in [-0.1, -0.05) is 92.2 Å². The summed E-state index contributed by atoms with van der Waals surface area (Å²) in [5.74, 6) is -4.35. The van der Waals surface area contributed by atoms with Crippen molar-refractivity contribution in [2.75, 3.05) is 0 Å². The van der Waals surface area contributed by atoms with Gasteiger partial charge in [0.25, 0.3) is 0 Å². The van der Waals surface area contributed by atoms with E-state index in [1.54, 1.807) is 12.1 Å². The topological polar surface area (TPSA) is 18.5 Å². The van der Waals surface area contributed by atoms with E-state index in [0.29, 0.717) is 17.7 Å². The first-order valence-electron chi connectivity index (χ1n) is 13.4. The number of alkyl halides is 5. The van der Waals surface area contributed by atoms with E-state index in [-0.39, 0.29) is 6.61 Å². The second kappa shape index (κ2) is 12.1. The maximum atomic E-state index is 14.1. The van der Waals surface area contributed by atoms with Crippen molar-refractivity contribution < 1.29 is 40.2 Å². The normalized spacial score (nSPS) is 12.1. The van der Waals surface area contributed by atoms with Crippen molar-refractivity contribution in [1.29, 1.82) is 0 Å². The number of halogens is 7. The molecule has 0 atom stereocenters. The van der Waals surface area contributed by atoms with Gasteiger partial charge in [0, 0.05) is 12.1 Å². The first kappa shape index (κ1) is 30.1. The summed E-state index contributed by atoms with van der Waals surface area (Å²) in [6.07, 6.45) is -8.91. The minimum absolute atomic E-state index is 0.172. The van der Waals surface area contributed by atoms with E-state index >= 15 is 0 Å². The summed E-state index contributed by atoms with van der Waals surface area (Å²) in [6, 6.07) is 28.9. The summed E-state index contributed by atoms with van der Waals surface area (Å²) < 4.78 is 100. The Kier molecular flexibility index (Phi) is 8.46. The monoisotopic (exact) mass is 598 g/mol. The van der Waals surface area contributed by atoms with E-state index < -0.39 is 35.4 Å². The SMILES string of the molecule is CCCc1ccc2cc(-c3ccc(-c4ccc(COc5cc(F)c(C(F)(F)OC(F)(F)F)c(F)c5)cc4)cc3)ccc2c1. The van der Waals surface area contributed by atoms with Crippen LogP contribution in [0.4, 0.5) is 30.7 Å². The van der Waals surface area contributed by atoms with Crippen molar-refractivity contribution in [3.63, 3.8) is 0 Å². The molecule has 0 aromatic heterocycles. The summed E-state index contributed by atoms with van der Waals surface area (Å²) in [5.41, 5.74) is 3.82. The molecule has 0 aliphatic heterocycles. The first-order valence-corrected chi connectivity index (χ1v) is 13.4. The summed E-state index contributed by atoms with van der Waals surface area (Å²) in [7, 11) is 0. The van der Waals surface area contributed by atoms with E-state index in [4.69, 9.17) is 4.74 Å². The van der Waals surface area contributed by atoms with Gasteiger partial charge in [-0.3, -0.25) is 0 Å². The predicted octanol–water partition coefficient (Wildman–Crippen LogP) is 10.6.